The molecule has 0 aliphatic rings. The summed E-state index contributed by atoms with van der Waals surface area (Å²) >= 11 is 0. The third-order valence-corrected chi connectivity index (χ3v) is 3.42. The average molecular weight is 324 g/mol. The zero-order valence-corrected chi connectivity index (χ0v) is 13.4. The molecule has 0 saturated carbocycles. The third-order valence-electron chi connectivity index (χ3n) is 3.42. The van der Waals surface area contributed by atoms with Crippen LogP contribution in [-0.4, -0.2) is 29.8 Å². The van der Waals surface area contributed by atoms with Gasteiger partial charge >= 0.3 is 5.97 Å². The molecule has 6 heteroatoms. The van der Waals surface area contributed by atoms with E-state index in [9.17, 15) is 4.79 Å². The fourth-order valence-corrected chi connectivity index (χ4v) is 2.16. The van der Waals surface area contributed by atoms with E-state index >= 15 is 0 Å². The Hall–Kier alpha value is -3.15. The van der Waals surface area contributed by atoms with Crippen molar-refractivity contribution in [3.8, 4) is 28.6 Å². The Morgan fingerprint density at radius 3 is 2.33 bits per heavy atom. The lowest BCUT2D eigenvalue weighted by molar-refractivity contribution is 0.0526. The van der Waals surface area contributed by atoms with Gasteiger partial charge in [0.2, 0.25) is 5.82 Å². The molecule has 3 aromatic rings. The number of carbonyl (C=O) groups is 1. The van der Waals surface area contributed by atoms with Crippen molar-refractivity contribution < 1.29 is 18.8 Å². The Morgan fingerprint density at radius 1 is 1.04 bits per heavy atom. The van der Waals surface area contributed by atoms with E-state index in [0.717, 1.165) is 16.9 Å². The molecule has 24 heavy (non-hydrogen) atoms. The number of aromatic nitrogens is 2. The number of hydrogen-bond donors (Lipinski definition) is 0. The molecule has 0 atom stereocenters. The number of carbonyl (C=O) groups excluding carboxylic acids is 1. The zero-order valence-electron chi connectivity index (χ0n) is 13.4. The van der Waals surface area contributed by atoms with E-state index in [4.69, 9.17) is 14.0 Å². The summed E-state index contributed by atoms with van der Waals surface area (Å²) < 4.78 is 15.4. The molecule has 0 N–H and O–H groups in total. The minimum absolute atomic E-state index is 0.343. The molecule has 0 aliphatic heterocycles. The maximum absolute atomic E-state index is 11.7. The van der Waals surface area contributed by atoms with Crippen LogP contribution in [0.4, 0.5) is 0 Å². The van der Waals surface area contributed by atoms with Gasteiger partial charge < -0.3 is 14.0 Å². The average Bonchev–Trinajstić information content (AvgIpc) is 3.12. The highest BCUT2D eigenvalue weighted by molar-refractivity contribution is 5.89. The number of benzene rings is 2. The van der Waals surface area contributed by atoms with Crippen LogP contribution >= 0.6 is 0 Å². The Morgan fingerprint density at radius 2 is 1.71 bits per heavy atom. The summed E-state index contributed by atoms with van der Waals surface area (Å²) in [6, 6.07) is 14.2. The number of hydrogen-bond acceptors (Lipinski definition) is 6. The predicted molar refractivity (Wildman–Crippen MR) is 87.7 cm³/mol. The molecule has 6 nitrogen and oxygen atoms in total. The van der Waals surface area contributed by atoms with Crippen molar-refractivity contribution in [2.45, 2.75) is 6.92 Å². The number of esters is 1. The summed E-state index contributed by atoms with van der Waals surface area (Å²) in [6.07, 6.45) is 0. The van der Waals surface area contributed by atoms with Crippen LogP contribution in [0.3, 0.4) is 0 Å². The van der Waals surface area contributed by atoms with Gasteiger partial charge in [0.15, 0.2) is 0 Å². The number of nitrogens with zero attached hydrogens (tertiary/aromatic N) is 2. The SMILES string of the molecule is CCOC(=O)c1ccc(-c2nc(-c3ccc(OC)cc3)no2)cc1. The minimum Gasteiger partial charge on any atom is -0.497 e. The molecule has 0 spiro atoms. The van der Waals surface area contributed by atoms with E-state index in [1.807, 2.05) is 24.3 Å². The van der Waals surface area contributed by atoms with Crippen LogP contribution < -0.4 is 4.74 Å². The van der Waals surface area contributed by atoms with Crippen molar-refractivity contribution in [3.63, 3.8) is 0 Å². The second-order valence-electron chi connectivity index (χ2n) is 4.95. The summed E-state index contributed by atoms with van der Waals surface area (Å²) in [5.41, 5.74) is 2.04. The second kappa shape index (κ2) is 6.95. The van der Waals surface area contributed by atoms with Crippen molar-refractivity contribution in [1.29, 1.82) is 0 Å². The van der Waals surface area contributed by atoms with Gasteiger partial charge in [-0.25, -0.2) is 4.79 Å². The molecule has 0 amide bonds. The lowest BCUT2D eigenvalue weighted by atomic mass is 10.1. The standard InChI is InChI=1S/C18H16N2O4/c1-3-23-18(21)14-6-4-13(5-7-14)17-19-16(20-24-17)12-8-10-15(22-2)11-9-12/h4-11H,3H2,1-2H3. The Kier molecular flexibility index (Phi) is 4.56. The molecule has 0 unspecified atom stereocenters. The van der Waals surface area contributed by atoms with E-state index in [2.05, 4.69) is 10.1 Å². The van der Waals surface area contributed by atoms with Gasteiger partial charge in [0, 0.05) is 11.1 Å². The number of methoxy groups -OCH3 is 1. The quantitative estimate of drug-likeness (QED) is 0.668. The molecule has 1 aromatic heterocycles. The highest BCUT2D eigenvalue weighted by Crippen LogP contribution is 2.24. The molecule has 122 valence electrons. The van der Waals surface area contributed by atoms with Crippen molar-refractivity contribution in [3.05, 3.63) is 54.1 Å². The first-order valence-corrected chi connectivity index (χ1v) is 7.47. The highest BCUT2D eigenvalue weighted by Gasteiger charge is 2.12. The first-order chi connectivity index (χ1) is 11.7. The Bertz CT molecular complexity index is 823. The van der Waals surface area contributed by atoms with Gasteiger partial charge in [-0.2, -0.15) is 4.98 Å². The summed E-state index contributed by atoms with van der Waals surface area (Å²) in [7, 11) is 1.61. The van der Waals surface area contributed by atoms with Gasteiger partial charge in [-0.3, -0.25) is 0 Å². The second-order valence-corrected chi connectivity index (χ2v) is 4.95. The van der Waals surface area contributed by atoms with Crippen LogP contribution in [0, 0.1) is 0 Å². The van der Waals surface area contributed by atoms with Gasteiger partial charge in [0.1, 0.15) is 5.75 Å². The molecule has 2 aromatic carbocycles. The van der Waals surface area contributed by atoms with E-state index in [1.165, 1.54) is 0 Å². The van der Waals surface area contributed by atoms with Gasteiger partial charge in [0.05, 0.1) is 19.3 Å². The van der Waals surface area contributed by atoms with Crippen molar-refractivity contribution >= 4 is 5.97 Å². The minimum atomic E-state index is -0.353. The van der Waals surface area contributed by atoms with E-state index in [1.54, 1.807) is 38.3 Å². The number of rotatable bonds is 5. The van der Waals surface area contributed by atoms with Gasteiger partial charge in [-0.1, -0.05) is 5.16 Å². The fraction of sp³-hybridized carbons (Fsp3) is 0.167. The molecule has 3 rings (SSSR count). The predicted octanol–water partition coefficient (Wildman–Crippen LogP) is 3.59. The summed E-state index contributed by atoms with van der Waals surface area (Å²) in [4.78, 5) is 16.0. The van der Waals surface area contributed by atoms with Crippen LogP contribution in [-0.2, 0) is 4.74 Å². The molecule has 0 saturated heterocycles. The molecule has 1 heterocycles. The zero-order chi connectivity index (χ0) is 16.9. The molecule has 0 bridgehead atoms. The first kappa shape index (κ1) is 15.7. The molecule has 0 fully saturated rings. The van der Waals surface area contributed by atoms with E-state index in [-0.39, 0.29) is 5.97 Å². The van der Waals surface area contributed by atoms with E-state index in [0.29, 0.717) is 23.9 Å². The fourth-order valence-electron chi connectivity index (χ4n) is 2.16. The van der Waals surface area contributed by atoms with E-state index < -0.39 is 0 Å². The van der Waals surface area contributed by atoms with Crippen LogP contribution in [0.5, 0.6) is 5.75 Å². The smallest absolute Gasteiger partial charge is 0.338 e. The lowest BCUT2D eigenvalue weighted by Crippen LogP contribution is -2.03. The van der Waals surface area contributed by atoms with Crippen molar-refractivity contribution in [2.24, 2.45) is 0 Å². The Labute approximate surface area is 139 Å². The molecule has 0 aliphatic carbocycles. The molecular weight excluding hydrogens is 308 g/mol. The Balaban J connectivity index is 1.80. The maximum Gasteiger partial charge on any atom is 0.338 e. The van der Waals surface area contributed by atoms with Gasteiger partial charge in [-0.15, -0.1) is 0 Å². The normalized spacial score (nSPS) is 10.4. The van der Waals surface area contributed by atoms with Crippen LogP contribution in [0.2, 0.25) is 0 Å². The molecule has 0 radical (unpaired) electrons. The van der Waals surface area contributed by atoms with Gasteiger partial charge in [-0.05, 0) is 55.5 Å². The third kappa shape index (κ3) is 3.27. The number of ether oxygens (including phenoxy) is 2. The lowest BCUT2D eigenvalue weighted by Gasteiger charge is -2.01. The van der Waals surface area contributed by atoms with Gasteiger partial charge in [0.25, 0.3) is 5.89 Å². The van der Waals surface area contributed by atoms with Crippen LogP contribution in [0.25, 0.3) is 22.8 Å². The first-order valence-electron chi connectivity index (χ1n) is 7.47. The summed E-state index contributed by atoms with van der Waals surface area (Å²) in [6.45, 7) is 2.11. The highest BCUT2D eigenvalue weighted by atomic mass is 16.5. The summed E-state index contributed by atoms with van der Waals surface area (Å²) in [5.74, 6) is 1.28. The summed E-state index contributed by atoms with van der Waals surface area (Å²) in [5, 5.41) is 3.99. The van der Waals surface area contributed by atoms with Crippen molar-refractivity contribution in [1.82, 2.24) is 10.1 Å². The van der Waals surface area contributed by atoms with Crippen molar-refractivity contribution in [2.75, 3.05) is 13.7 Å². The van der Waals surface area contributed by atoms with Crippen LogP contribution in [0.15, 0.2) is 53.1 Å². The topological polar surface area (TPSA) is 74.5 Å². The van der Waals surface area contributed by atoms with Crippen LogP contribution in [0.1, 0.15) is 17.3 Å². The molecular formula is C18H16N2O4. The monoisotopic (exact) mass is 324 g/mol. The largest absolute Gasteiger partial charge is 0.497 e. The maximum atomic E-state index is 11.7.